The summed E-state index contributed by atoms with van der Waals surface area (Å²) < 4.78 is 103. The first-order valence-corrected chi connectivity index (χ1v) is 18.9. The minimum atomic E-state index is -4.47. The number of carbonyl (C=O) groups is 2. The zero-order chi connectivity index (χ0) is 40.1. The molecule has 4 heterocycles. The molecule has 56 heavy (non-hydrogen) atoms. The molecule has 4 aromatic rings. The second-order valence-corrected chi connectivity index (χ2v) is 15.7. The van der Waals surface area contributed by atoms with Gasteiger partial charge in [-0.3, -0.25) is 9.78 Å². The number of alkyl carbamates (subject to hydrolysis) is 1. The van der Waals surface area contributed by atoms with Gasteiger partial charge in [0.15, 0.2) is 23.1 Å². The molecule has 2 aliphatic carbocycles. The number of hydrogen-bond donors (Lipinski definition) is 3. The van der Waals surface area contributed by atoms with Crippen molar-refractivity contribution in [3.05, 3.63) is 90.2 Å². The van der Waals surface area contributed by atoms with Crippen LogP contribution in [-0.4, -0.2) is 87.1 Å². The highest BCUT2D eigenvalue weighted by Crippen LogP contribution is 2.36. The number of ether oxygens (including phenoxy) is 2. The molecule has 0 saturated heterocycles. The lowest BCUT2D eigenvalue weighted by Crippen LogP contribution is -2.42. The summed E-state index contributed by atoms with van der Waals surface area (Å²) in [6.45, 7) is -0.810. The summed E-state index contributed by atoms with van der Waals surface area (Å²) in [5, 5.41) is 8.70. The molecule has 0 spiro atoms. The van der Waals surface area contributed by atoms with Crippen LogP contribution in [0, 0.1) is 5.82 Å². The van der Waals surface area contributed by atoms with Crippen molar-refractivity contribution in [2.45, 2.75) is 68.6 Å². The predicted molar refractivity (Wildman–Crippen MR) is 193 cm³/mol. The number of halogens is 5. The molecular weight excluding hydrogens is 768 g/mol. The Hall–Kier alpha value is -5.50. The average Bonchev–Trinajstić information content (AvgIpc) is 3.55. The van der Waals surface area contributed by atoms with Crippen molar-refractivity contribution in [2.75, 3.05) is 25.1 Å². The maximum atomic E-state index is 15.2. The van der Waals surface area contributed by atoms with E-state index in [2.05, 4.69) is 40.6 Å². The second-order valence-electron chi connectivity index (χ2n) is 13.5. The van der Waals surface area contributed by atoms with E-state index in [1.54, 1.807) is 12.1 Å². The highest BCUT2D eigenvalue weighted by Gasteiger charge is 2.41. The molecule has 1 saturated carbocycles. The van der Waals surface area contributed by atoms with E-state index < -0.39 is 51.2 Å². The Kier molecular flexibility index (Phi) is 12.0. The van der Waals surface area contributed by atoms with E-state index in [4.69, 9.17) is 4.74 Å². The minimum absolute atomic E-state index is 0.0271. The third kappa shape index (κ3) is 9.47. The van der Waals surface area contributed by atoms with Gasteiger partial charge in [0.2, 0.25) is 10.0 Å². The van der Waals surface area contributed by atoms with Gasteiger partial charge in [0.1, 0.15) is 29.5 Å². The number of carbonyl (C=O) groups excluding carboxylic acids is 2. The number of anilines is 1. The molecular formula is C36H37F5N8O6S. The summed E-state index contributed by atoms with van der Waals surface area (Å²) in [7, 11) is -4.25. The SMILES string of the molecule is CC1(S(=O)(=O)n2cc(-c3ncc(F)c(N[C@H]4CCC[C@@H](NC(=O)c5cc(COC(=O)NCCOCC(F)(F)F)ccn5)C4)n3)c3cccnc32)C=C(F)C=CC1. The largest absolute Gasteiger partial charge is 0.445 e. The van der Waals surface area contributed by atoms with Crippen LogP contribution in [-0.2, 0) is 26.1 Å². The smallest absolute Gasteiger partial charge is 0.411 e. The van der Waals surface area contributed by atoms with Crippen LogP contribution in [0.15, 0.2) is 73.1 Å². The molecule has 2 aliphatic rings. The number of alkyl halides is 3. The lowest BCUT2D eigenvalue weighted by Gasteiger charge is -2.30. The van der Waals surface area contributed by atoms with Gasteiger partial charge in [-0.25, -0.2) is 40.9 Å². The van der Waals surface area contributed by atoms with Crippen LogP contribution in [0.25, 0.3) is 22.4 Å². The van der Waals surface area contributed by atoms with E-state index in [1.165, 1.54) is 49.8 Å². The molecule has 0 aliphatic heterocycles. The van der Waals surface area contributed by atoms with Gasteiger partial charge in [0, 0.05) is 48.2 Å². The molecule has 3 atom stereocenters. The maximum absolute atomic E-state index is 15.2. The van der Waals surface area contributed by atoms with Gasteiger partial charge in [-0.05, 0) is 81.0 Å². The van der Waals surface area contributed by atoms with Gasteiger partial charge in [0.25, 0.3) is 5.91 Å². The lowest BCUT2D eigenvalue weighted by atomic mass is 9.91. The molecule has 298 valence electrons. The zero-order valence-electron chi connectivity index (χ0n) is 29.9. The lowest BCUT2D eigenvalue weighted by molar-refractivity contribution is -0.173. The number of amides is 2. The summed E-state index contributed by atoms with van der Waals surface area (Å²) in [5.74, 6) is -2.01. The molecule has 0 aromatic carbocycles. The van der Waals surface area contributed by atoms with Gasteiger partial charge < -0.3 is 25.4 Å². The topological polar surface area (TPSA) is 179 Å². The van der Waals surface area contributed by atoms with Crippen LogP contribution in [0.2, 0.25) is 0 Å². The molecule has 0 radical (unpaired) electrons. The Morgan fingerprint density at radius 2 is 1.89 bits per heavy atom. The van der Waals surface area contributed by atoms with E-state index in [0.717, 1.165) is 16.2 Å². The Labute approximate surface area is 317 Å². The molecule has 1 unspecified atom stereocenters. The molecule has 2 amide bonds. The van der Waals surface area contributed by atoms with Crippen molar-refractivity contribution in [2.24, 2.45) is 0 Å². The normalized spacial score (nSPS) is 20.0. The number of fused-ring (bicyclic) bond motifs is 1. The van der Waals surface area contributed by atoms with Crippen molar-refractivity contribution in [3.63, 3.8) is 0 Å². The molecule has 1 fully saturated rings. The van der Waals surface area contributed by atoms with Gasteiger partial charge in [-0.2, -0.15) is 13.2 Å². The summed E-state index contributed by atoms with van der Waals surface area (Å²) in [4.78, 5) is 42.0. The number of nitrogens with one attached hydrogen (secondary N) is 3. The first-order chi connectivity index (χ1) is 26.6. The van der Waals surface area contributed by atoms with Crippen LogP contribution in [0.1, 0.15) is 55.1 Å². The molecule has 0 bridgehead atoms. The van der Waals surface area contributed by atoms with Crippen LogP contribution in [0.3, 0.4) is 0 Å². The molecule has 4 aromatic heterocycles. The Morgan fingerprint density at radius 3 is 2.68 bits per heavy atom. The fraction of sp³-hybridized carbons (Fsp3) is 0.389. The van der Waals surface area contributed by atoms with E-state index in [-0.39, 0.29) is 66.8 Å². The van der Waals surface area contributed by atoms with Crippen LogP contribution < -0.4 is 16.0 Å². The molecule has 6 rings (SSSR count). The fourth-order valence-electron chi connectivity index (χ4n) is 6.40. The number of allylic oxidation sites excluding steroid dienone is 3. The number of hydrogen-bond acceptors (Lipinski definition) is 11. The van der Waals surface area contributed by atoms with Gasteiger partial charge in [-0.1, -0.05) is 6.08 Å². The molecule has 3 N–H and O–H groups in total. The van der Waals surface area contributed by atoms with E-state index in [9.17, 15) is 35.6 Å². The number of nitrogens with zero attached hydrogens (tertiary/aromatic N) is 5. The quantitative estimate of drug-likeness (QED) is 0.111. The van der Waals surface area contributed by atoms with E-state index >= 15 is 4.39 Å². The summed E-state index contributed by atoms with van der Waals surface area (Å²) in [5.41, 5.74) is 0.835. The number of rotatable bonds is 13. The van der Waals surface area contributed by atoms with Crippen LogP contribution in [0.5, 0.6) is 0 Å². The predicted octanol–water partition coefficient (Wildman–Crippen LogP) is 5.74. The standard InChI is InChI=1S/C36H37F5N8O6S/c1-35(10-3-5-23(37)17-35)56(52,53)49-19-27(26-8-4-11-43-32(26)49)30-45-18-28(38)31(48-30)46-24-6-2-7-25(16-24)47-33(50)29-15-22(9-12-42-29)20-55-34(51)44-13-14-54-21-36(39,40)41/h3-5,8-9,11-12,15,17-19,24-25H,2,6-7,10,13-14,16,20-21H2,1H3,(H,44,51)(H,47,50)(H,45,46,48)/t24-,25+,35?/m0/s1. The van der Waals surface area contributed by atoms with Crippen molar-refractivity contribution >= 4 is 38.9 Å². The Morgan fingerprint density at radius 1 is 1.09 bits per heavy atom. The van der Waals surface area contributed by atoms with Crippen molar-refractivity contribution in [1.29, 1.82) is 0 Å². The maximum Gasteiger partial charge on any atom is 0.411 e. The highest BCUT2D eigenvalue weighted by molar-refractivity contribution is 7.91. The van der Waals surface area contributed by atoms with E-state index in [1.807, 2.05) is 0 Å². The average molecular weight is 805 g/mol. The van der Waals surface area contributed by atoms with Gasteiger partial charge in [-0.15, -0.1) is 0 Å². The summed E-state index contributed by atoms with van der Waals surface area (Å²) in [6.07, 6.45) is 5.80. The minimum Gasteiger partial charge on any atom is -0.445 e. The molecule has 20 heteroatoms. The van der Waals surface area contributed by atoms with Crippen LogP contribution >= 0.6 is 0 Å². The Bertz CT molecular complexity index is 2270. The zero-order valence-corrected chi connectivity index (χ0v) is 30.7. The van der Waals surface area contributed by atoms with Crippen molar-refractivity contribution in [3.8, 4) is 11.4 Å². The fourth-order valence-corrected chi connectivity index (χ4v) is 8.04. The first kappa shape index (κ1) is 40.2. The van der Waals surface area contributed by atoms with Crippen molar-refractivity contribution < 1.29 is 49.4 Å². The van der Waals surface area contributed by atoms with Gasteiger partial charge >= 0.3 is 12.3 Å². The van der Waals surface area contributed by atoms with Gasteiger partial charge in [0.05, 0.1) is 12.8 Å². The summed E-state index contributed by atoms with van der Waals surface area (Å²) >= 11 is 0. The van der Waals surface area contributed by atoms with Crippen molar-refractivity contribution in [1.82, 2.24) is 34.5 Å². The monoisotopic (exact) mass is 804 g/mol. The summed E-state index contributed by atoms with van der Waals surface area (Å²) in [6, 6.07) is 5.57. The number of aromatic nitrogens is 5. The second kappa shape index (κ2) is 16.7. The number of pyridine rings is 2. The molecule has 14 nitrogen and oxygen atoms in total. The van der Waals surface area contributed by atoms with Crippen LogP contribution in [0.4, 0.5) is 32.6 Å². The highest BCUT2D eigenvalue weighted by atomic mass is 32.2. The third-order valence-corrected chi connectivity index (χ3v) is 11.4. The first-order valence-electron chi connectivity index (χ1n) is 17.5. The van der Waals surface area contributed by atoms with E-state index in [0.29, 0.717) is 36.6 Å². The third-order valence-electron chi connectivity index (χ3n) is 9.17. The Balaban J connectivity index is 1.09.